The van der Waals surface area contributed by atoms with E-state index in [1.807, 2.05) is 36.4 Å². The zero-order valence-electron chi connectivity index (χ0n) is 12.7. The third-order valence-corrected chi connectivity index (χ3v) is 4.84. The molecule has 2 nitrogen and oxygen atoms in total. The number of fused-ring (bicyclic) bond motifs is 6. The molecule has 5 rings (SSSR count). The summed E-state index contributed by atoms with van der Waals surface area (Å²) >= 11 is 3.58. The van der Waals surface area contributed by atoms with Crippen LogP contribution in [0.5, 0.6) is 0 Å². The molecule has 3 heteroatoms. The number of aromatic nitrogens is 1. The Morgan fingerprint density at radius 1 is 0.708 bits per heavy atom. The van der Waals surface area contributed by atoms with E-state index in [0.29, 0.717) is 5.89 Å². The fourth-order valence-electron chi connectivity index (χ4n) is 3.25. The van der Waals surface area contributed by atoms with Crippen molar-refractivity contribution in [3.05, 3.63) is 77.3 Å². The van der Waals surface area contributed by atoms with Gasteiger partial charge in [0.1, 0.15) is 5.52 Å². The second kappa shape index (κ2) is 5.18. The van der Waals surface area contributed by atoms with E-state index >= 15 is 0 Å². The van der Waals surface area contributed by atoms with E-state index in [0.717, 1.165) is 31.9 Å². The molecule has 0 aliphatic carbocycles. The summed E-state index contributed by atoms with van der Waals surface area (Å²) in [7, 11) is 0. The molecule has 4 aromatic carbocycles. The van der Waals surface area contributed by atoms with Gasteiger partial charge in [-0.25, -0.2) is 4.98 Å². The highest BCUT2D eigenvalue weighted by Gasteiger charge is 2.15. The molecule has 0 fully saturated rings. The first-order chi connectivity index (χ1) is 11.8. The molecule has 114 valence electrons. The van der Waals surface area contributed by atoms with Gasteiger partial charge in [0, 0.05) is 20.8 Å². The Balaban J connectivity index is 1.99. The zero-order valence-corrected chi connectivity index (χ0v) is 14.2. The second-order valence-corrected chi connectivity index (χ2v) is 6.71. The fraction of sp³-hybridized carbons (Fsp3) is 0. The second-order valence-electron chi connectivity index (χ2n) is 5.80. The van der Waals surface area contributed by atoms with Crippen molar-refractivity contribution in [2.75, 3.05) is 0 Å². The molecule has 0 aliphatic rings. The molecule has 0 amide bonds. The maximum Gasteiger partial charge on any atom is 0.227 e. The molecule has 0 aliphatic heterocycles. The minimum Gasteiger partial charge on any atom is -0.435 e. The van der Waals surface area contributed by atoms with Crippen LogP contribution in [0.25, 0.3) is 44.1 Å². The third kappa shape index (κ3) is 1.98. The maximum atomic E-state index is 6.19. The quantitative estimate of drug-likeness (QED) is 0.311. The van der Waals surface area contributed by atoms with Crippen molar-refractivity contribution in [1.82, 2.24) is 4.98 Å². The SMILES string of the molecule is Brc1ccc2c3ccccc3c3oc(-c4ccccc4)nc3c2c1. The van der Waals surface area contributed by atoms with Gasteiger partial charge < -0.3 is 4.42 Å². The van der Waals surface area contributed by atoms with E-state index in [2.05, 4.69) is 52.3 Å². The van der Waals surface area contributed by atoms with Crippen molar-refractivity contribution in [3.8, 4) is 11.5 Å². The number of benzene rings is 4. The molecular weight excluding hydrogens is 362 g/mol. The first-order valence-electron chi connectivity index (χ1n) is 7.77. The van der Waals surface area contributed by atoms with Gasteiger partial charge >= 0.3 is 0 Å². The molecule has 0 bridgehead atoms. The van der Waals surface area contributed by atoms with Crippen molar-refractivity contribution in [2.45, 2.75) is 0 Å². The molecule has 1 heterocycles. The number of rotatable bonds is 1. The van der Waals surface area contributed by atoms with Crippen LogP contribution in [0.4, 0.5) is 0 Å². The lowest BCUT2D eigenvalue weighted by molar-refractivity contribution is 0.623. The van der Waals surface area contributed by atoms with Crippen molar-refractivity contribution in [3.63, 3.8) is 0 Å². The molecule has 0 spiro atoms. The molecule has 0 atom stereocenters. The lowest BCUT2D eigenvalue weighted by atomic mass is 10.0. The van der Waals surface area contributed by atoms with Crippen LogP contribution in [0.2, 0.25) is 0 Å². The van der Waals surface area contributed by atoms with Gasteiger partial charge in [-0.15, -0.1) is 0 Å². The van der Waals surface area contributed by atoms with Crippen molar-refractivity contribution in [2.24, 2.45) is 0 Å². The van der Waals surface area contributed by atoms with Crippen LogP contribution in [-0.4, -0.2) is 4.98 Å². The molecule has 1 aromatic heterocycles. The van der Waals surface area contributed by atoms with Gasteiger partial charge in [-0.05, 0) is 35.0 Å². The molecule has 24 heavy (non-hydrogen) atoms. The summed E-state index contributed by atoms with van der Waals surface area (Å²) < 4.78 is 7.23. The van der Waals surface area contributed by atoms with Gasteiger partial charge in [-0.2, -0.15) is 0 Å². The van der Waals surface area contributed by atoms with E-state index in [4.69, 9.17) is 9.40 Å². The van der Waals surface area contributed by atoms with Crippen LogP contribution >= 0.6 is 15.9 Å². The average molecular weight is 374 g/mol. The van der Waals surface area contributed by atoms with Crippen LogP contribution in [0.15, 0.2) is 81.7 Å². The highest BCUT2D eigenvalue weighted by atomic mass is 79.9. The Bertz CT molecular complexity index is 1210. The lowest BCUT2D eigenvalue weighted by Crippen LogP contribution is -1.81. The number of halogens is 1. The minimum atomic E-state index is 0.656. The maximum absolute atomic E-state index is 6.19. The first-order valence-corrected chi connectivity index (χ1v) is 8.56. The Morgan fingerprint density at radius 3 is 2.25 bits per heavy atom. The Kier molecular flexibility index (Phi) is 2.97. The predicted molar refractivity (Wildman–Crippen MR) is 102 cm³/mol. The molecule has 0 saturated carbocycles. The van der Waals surface area contributed by atoms with Gasteiger partial charge in [0.2, 0.25) is 5.89 Å². The van der Waals surface area contributed by atoms with Gasteiger partial charge in [0.25, 0.3) is 0 Å². The molecule has 0 unspecified atom stereocenters. The number of nitrogens with zero attached hydrogens (tertiary/aromatic N) is 1. The summed E-state index contributed by atoms with van der Waals surface area (Å²) in [4.78, 5) is 4.81. The summed E-state index contributed by atoms with van der Waals surface area (Å²) in [5, 5.41) is 4.57. The van der Waals surface area contributed by atoms with E-state index < -0.39 is 0 Å². The molecular formula is C21H12BrNO. The van der Waals surface area contributed by atoms with Gasteiger partial charge in [0.15, 0.2) is 5.58 Å². The summed E-state index contributed by atoms with van der Waals surface area (Å²) in [5.41, 5.74) is 2.74. The average Bonchev–Trinajstić information content (AvgIpc) is 3.08. The van der Waals surface area contributed by atoms with Gasteiger partial charge in [-0.1, -0.05) is 64.5 Å². The Labute approximate surface area is 146 Å². The topological polar surface area (TPSA) is 26.0 Å². The Morgan fingerprint density at radius 2 is 1.42 bits per heavy atom. The largest absolute Gasteiger partial charge is 0.435 e. The van der Waals surface area contributed by atoms with Crippen molar-refractivity contribution >= 4 is 48.6 Å². The molecule has 0 radical (unpaired) electrons. The van der Waals surface area contributed by atoms with Crippen LogP contribution in [-0.2, 0) is 0 Å². The monoisotopic (exact) mass is 373 g/mol. The van der Waals surface area contributed by atoms with Crippen LogP contribution in [0, 0.1) is 0 Å². The van der Waals surface area contributed by atoms with E-state index in [1.54, 1.807) is 0 Å². The van der Waals surface area contributed by atoms with Crippen molar-refractivity contribution in [1.29, 1.82) is 0 Å². The fourth-order valence-corrected chi connectivity index (χ4v) is 3.61. The van der Waals surface area contributed by atoms with Crippen LogP contribution < -0.4 is 0 Å². The highest BCUT2D eigenvalue weighted by Crippen LogP contribution is 2.38. The molecule has 5 aromatic rings. The molecule has 0 N–H and O–H groups in total. The smallest absolute Gasteiger partial charge is 0.227 e. The third-order valence-electron chi connectivity index (χ3n) is 4.35. The number of hydrogen-bond acceptors (Lipinski definition) is 2. The Hall–Kier alpha value is -2.65. The summed E-state index contributed by atoms with van der Waals surface area (Å²) in [6, 6.07) is 24.7. The van der Waals surface area contributed by atoms with Gasteiger partial charge in [0.05, 0.1) is 0 Å². The summed E-state index contributed by atoms with van der Waals surface area (Å²) in [5.74, 6) is 0.656. The van der Waals surface area contributed by atoms with E-state index in [1.165, 1.54) is 10.8 Å². The van der Waals surface area contributed by atoms with E-state index in [9.17, 15) is 0 Å². The highest BCUT2D eigenvalue weighted by molar-refractivity contribution is 9.10. The van der Waals surface area contributed by atoms with Gasteiger partial charge in [-0.3, -0.25) is 0 Å². The first kappa shape index (κ1) is 13.8. The standard InChI is InChI=1S/C21H12BrNO/c22-14-10-11-16-15-8-4-5-9-17(15)20-19(18(16)12-14)23-21(24-20)13-6-2-1-3-7-13/h1-12H. The predicted octanol–water partition coefficient (Wildman–Crippen LogP) is 6.56. The molecule has 0 saturated heterocycles. The van der Waals surface area contributed by atoms with Crippen LogP contribution in [0.3, 0.4) is 0 Å². The minimum absolute atomic E-state index is 0.656. The summed E-state index contributed by atoms with van der Waals surface area (Å²) in [6.07, 6.45) is 0. The zero-order chi connectivity index (χ0) is 16.1. The van der Waals surface area contributed by atoms with Crippen LogP contribution in [0.1, 0.15) is 0 Å². The van der Waals surface area contributed by atoms with Crippen molar-refractivity contribution < 1.29 is 4.42 Å². The lowest BCUT2D eigenvalue weighted by Gasteiger charge is -2.05. The number of oxazole rings is 1. The number of hydrogen-bond donors (Lipinski definition) is 0. The summed E-state index contributed by atoms with van der Waals surface area (Å²) in [6.45, 7) is 0. The van der Waals surface area contributed by atoms with E-state index in [-0.39, 0.29) is 0 Å². The normalized spacial score (nSPS) is 11.5.